The zero-order valence-corrected chi connectivity index (χ0v) is 12.1. The van der Waals surface area contributed by atoms with E-state index < -0.39 is 0 Å². The Morgan fingerprint density at radius 2 is 2.00 bits per heavy atom. The third-order valence-electron chi connectivity index (χ3n) is 5.07. The van der Waals surface area contributed by atoms with Crippen LogP contribution in [0.3, 0.4) is 0 Å². The van der Waals surface area contributed by atoms with E-state index in [1.54, 1.807) is 0 Å². The summed E-state index contributed by atoms with van der Waals surface area (Å²) in [5, 5.41) is 8.40. The van der Waals surface area contributed by atoms with Crippen LogP contribution in [0.2, 0.25) is 0 Å². The van der Waals surface area contributed by atoms with Crippen LogP contribution in [0.4, 0.5) is 0 Å². The van der Waals surface area contributed by atoms with Gasteiger partial charge < -0.3 is 5.32 Å². The molecular weight excluding hydrogens is 234 g/mol. The Hall–Kier alpha value is -0.830. The number of aromatic nitrogens is 2. The lowest BCUT2D eigenvalue weighted by Gasteiger charge is -2.31. The molecule has 1 aromatic rings. The molecule has 3 heteroatoms. The molecule has 0 aliphatic heterocycles. The lowest BCUT2D eigenvalue weighted by molar-refractivity contribution is 0.239. The van der Waals surface area contributed by atoms with Gasteiger partial charge in [-0.25, -0.2) is 0 Å². The zero-order valence-electron chi connectivity index (χ0n) is 12.1. The molecule has 1 aromatic heterocycles. The van der Waals surface area contributed by atoms with E-state index in [9.17, 15) is 0 Å². The van der Waals surface area contributed by atoms with Gasteiger partial charge in [0.15, 0.2) is 0 Å². The minimum Gasteiger partial charge on any atom is -0.308 e. The normalized spacial score (nSPS) is 23.2. The van der Waals surface area contributed by atoms with Crippen molar-refractivity contribution in [3.05, 3.63) is 18.0 Å². The van der Waals surface area contributed by atoms with E-state index in [4.69, 9.17) is 5.10 Å². The Morgan fingerprint density at radius 1 is 1.21 bits per heavy atom. The summed E-state index contributed by atoms with van der Waals surface area (Å²) < 4.78 is 2.21. The van der Waals surface area contributed by atoms with Gasteiger partial charge in [-0.05, 0) is 44.6 Å². The number of rotatable bonds is 5. The summed E-state index contributed by atoms with van der Waals surface area (Å²) in [6, 6.07) is 3.50. The van der Waals surface area contributed by atoms with Crippen LogP contribution in [0.25, 0.3) is 0 Å². The quantitative estimate of drug-likeness (QED) is 0.876. The van der Waals surface area contributed by atoms with Crippen LogP contribution < -0.4 is 5.32 Å². The summed E-state index contributed by atoms with van der Waals surface area (Å²) in [5.74, 6) is 0.903. The molecule has 1 unspecified atom stereocenters. The molecule has 0 bridgehead atoms. The highest BCUT2D eigenvalue weighted by atomic mass is 15.3. The van der Waals surface area contributed by atoms with E-state index in [-0.39, 0.29) is 0 Å². The maximum absolute atomic E-state index is 4.76. The topological polar surface area (TPSA) is 29.9 Å². The van der Waals surface area contributed by atoms with Gasteiger partial charge in [0, 0.05) is 18.8 Å². The van der Waals surface area contributed by atoms with Gasteiger partial charge in [-0.3, -0.25) is 4.68 Å². The first-order valence-electron chi connectivity index (χ1n) is 8.10. The van der Waals surface area contributed by atoms with Gasteiger partial charge in [0.25, 0.3) is 0 Å². The Morgan fingerprint density at radius 3 is 2.68 bits per heavy atom. The van der Waals surface area contributed by atoms with E-state index in [1.807, 2.05) is 0 Å². The molecule has 0 spiro atoms. The molecule has 3 rings (SSSR count). The van der Waals surface area contributed by atoms with Crippen molar-refractivity contribution < 1.29 is 0 Å². The van der Waals surface area contributed by atoms with E-state index in [1.165, 1.54) is 57.1 Å². The lowest BCUT2D eigenvalue weighted by Crippen LogP contribution is -2.36. The van der Waals surface area contributed by atoms with E-state index in [2.05, 4.69) is 29.2 Å². The van der Waals surface area contributed by atoms with Crippen molar-refractivity contribution in [3.8, 4) is 0 Å². The maximum Gasteiger partial charge on any atom is 0.0762 e. The van der Waals surface area contributed by atoms with Crippen molar-refractivity contribution >= 4 is 0 Å². The lowest BCUT2D eigenvalue weighted by atomic mass is 9.80. The van der Waals surface area contributed by atoms with Crippen molar-refractivity contribution in [2.24, 2.45) is 5.92 Å². The number of hydrogen-bond donors (Lipinski definition) is 1. The fourth-order valence-electron chi connectivity index (χ4n) is 3.39. The molecule has 1 atom stereocenters. The molecule has 106 valence electrons. The third-order valence-corrected chi connectivity index (χ3v) is 5.07. The minimum absolute atomic E-state index is 0.647. The fraction of sp³-hybridized carbons (Fsp3) is 0.812. The molecule has 1 N–H and O–H groups in total. The monoisotopic (exact) mass is 261 g/mol. The zero-order chi connectivity index (χ0) is 13.1. The second-order valence-electron chi connectivity index (χ2n) is 6.44. The second-order valence-corrected chi connectivity index (χ2v) is 6.44. The summed E-state index contributed by atoms with van der Waals surface area (Å²) in [6.07, 6.45) is 13.2. The van der Waals surface area contributed by atoms with Crippen LogP contribution in [0.15, 0.2) is 12.3 Å². The van der Waals surface area contributed by atoms with Gasteiger partial charge in [-0.15, -0.1) is 0 Å². The highest BCUT2D eigenvalue weighted by molar-refractivity contribution is 5.00. The van der Waals surface area contributed by atoms with E-state index in [0.717, 1.165) is 12.5 Å². The first-order valence-corrected chi connectivity index (χ1v) is 8.10. The smallest absolute Gasteiger partial charge is 0.0762 e. The molecule has 0 aromatic carbocycles. The van der Waals surface area contributed by atoms with E-state index >= 15 is 0 Å². The average Bonchev–Trinajstić information content (AvgIpc) is 2.84. The molecule has 19 heavy (non-hydrogen) atoms. The number of nitrogens with zero attached hydrogens (tertiary/aromatic N) is 2. The molecule has 2 saturated carbocycles. The predicted molar refractivity (Wildman–Crippen MR) is 78.0 cm³/mol. The summed E-state index contributed by atoms with van der Waals surface area (Å²) in [4.78, 5) is 0. The van der Waals surface area contributed by atoms with E-state index in [0.29, 0.717) is 12.1 Å². The maximum atomic E-state index is 4.76. The SMILES string of the molecule is CC(NCc1ccn(C2CCCCC2)n1)C1CCC1. The van der Waals surface area contributed by atoms with Crippen molar-refractivity contribution in [2.75, 3.05) is 0 Å². The summed E-state index contributed by atoms with van der Waals surface area (Å²) in [5.41, 5.74) is 1.21. The van der Waals surface area contributed by atoms with Gasteiger partial charge in [-0.1, -0.05) is 25.7 Å². The molecule has 2 fully saturated rings. The molecule has 0 radical (unpaired) electrons. The molecule has 0 saturated heterocycles. The molecule has 2 aliphatic carbocycles. The molecule has 2 aliphatic rings. The number of hydrogen-bond acceptors (Lipinski definition) is 2. The summed E-state index contributed by atoms with van der Waals surface area (Å²) >= 11 is 0. The predicted octanol–water partition coefficient (Wildman–Crippen LogP) is 3.67. The number of nitrogens with one attached hydrogen (secondary N) is 1. The van der Waals surface area contributed by atoms with Crippen LogP contribution in [-0.2, 0) is 6.54 Å². The van der Waals surface area contributed by atoms with Crippen molar-refractivity contribution in [1.82, 2.24) is 15.1 Å². The van der Waals surface area contributed by atoms with Crippen LogP contribution >= 0.6 is 0 Å². The van der Waals surface area contributed by atoms with Crippen molar-refractivity contribution in [3.63, 3.8) is 0 Å². The highest BCUT2D eigenvalue weighted by Crippen LogP contribution is 2.29. The van der Waals surface area contributed by atoms with Gasteiger partial charge in [-0.2, -0.15) is 5.10 Å². The summed E-state index contributed by atoms with van der Waals surface area (Å²) in [7, 11) is 0. The Balaban J connectivity index is 1.49. The van der Waals surface area contributed by atoms with Gasteiger partial charge in [0.1, 0.15) is 0 Å². The molecule has 0 amide bonds. The first kappa shape index (κ1) is 13.2. The first-order chi connectivity index (χ1) is 9.33. The third kappa shape index (κ3) is 3.19. The second kappa shape index (κ2) is 6.08. The minimum atomic E-state index is 0.647. The standard InChI is InChI=1S/C16H27N3/c1-13(14-6-5-7-14)17-12-15-10-11-19(18-15)16-8-3-2-4-9-16/h10-11,13-14,16-17H,2-9,12H2,1H3. The van der Waals surface area contributed by atoms with Gasteiger partial charge in [0.2, 0.25) is 0 Å². The Kier molecular flexibility index (Phi) is 4.21. The van der Waals surface area contributed by atoms with Gasteiger partial charge in [0.05, 0.1) is 11.7 Å². The van der Waals surface area contributed by atoms with Crippen molar-refractivity contribution in [2.45, 2.75) is 76.9 Å². The molecule has 3 nitrogen and oxygen atoms in total. The van der Waals surface area contributed by atoms with Crippen molar-refractivity contribution in [1.29, 1.82) is 0 Å². The van der Waals surface area contributed by atoms with Crippen LogP contribution in [-0.4, -0.2) is 15.8 Å². The Labute approximate surface area is 116 Å². The fourth-order valence-corrected chi connectivity index (χ4v) is 3.39. The average molecular weight is 261 g/mol. The summed E-state index contributed by atoms with van der Waals surface area (Å²) in [6.45, 7) is 3.25. The molecular formula is C16H27N3. The highest BCUT2D eigenvalue weighted by Gasteiger charge is 2.23. The molecule has 1 heterocycles. The Bertz CT molecular complexity index is 388. The van der Waals surface area contributed by atoms with Crippen LogP contribution in [0.1, 0.15) is 70.0 Å². The largest absolute Gasteiger partial charge is 0.308 e. The van der Waals surface area contributed by atoms with Gasteiger partial charge >= 0.3 is 0 Å². The van der Waals surface area contributed by atoms with Crippen LogP contribution in [0.5, 0.6) is 0 Å². The van der Waals surface area contributed by atoms with Crippen LogP contribution in [0, 0.1) is 5.92 Å².